The van der Waals surface area contributed by atoms with Crippen LogP contribution in [-0.4, -0.2) is 23.5 Å². The summed E-state index contributed by atoms with van der Waals surface area (Å²) in [7, 11) is 0. The second-order valence-electron chi connectivity index (χ2n) is 4.72. The molecular weight excluding hydrogens is 246 g/mol. The average Bonchev–Trinajstić information content (AvgIpc) is 2.79. The Balaban J connectivity index is 1.76. The fraction of sp³-hybridized carbons (Fsp3) is 0.385. The van der Waals surface area contributed by atoms with Gasteiger partial charge in [0.25, 0.3) is 0 Å². The molecule has 0 radical (unpaired) electrons. The van der Waals surface area contributed by atoms with Crippen molar-refractivity contribution in [3.8, 4) is 0 Å². The summed E-state index contributed by atoms with van der Waals surface area (Å²) in [5.74, 6) is -0.538. The average molecular weight is 261 g/mol. The predicted octanol–water partition coefficient (Wildman–Crippen LogP) is 1.20. The van der Waals surface area contributed by atoms with E-state index in [1.54, 1.807) is 18.2 Å². The van der Waals surface area contributed by atoms with Gasteiger partial charge >= 0.3 is 5.76 Å². The minimum Gasteiger partial charge on any atom is -0.408 e. The lowest BCUT2D eigenvalue weighted by Crippen LogP contribution is -2.43. The Labute approximate surface area is 109 Å². The van der Waals surface area contributed by atoms with E-state index in [0.29, 0.717) is 16.8 Å². The van der Waals surface area contributed by atoms with Crippen LogP contribution < -0.4 is 16.4 Å². The van der Waals surface area contributed by atoms with Gasteiger partial charge < -0.3 is 15.1 Å². The van der Waals surface area contributed by atoms with Gasteiger partial charge in [0.1, 0.15) is 0 Å². The van der Waals surface area contributed by atoms with Gasteiger partial charge in [-0.3, -0.25) is 9.78 Å². The molecule has 1 amide bonds. The van der Waals surface area contributed by atoms with E-state index < -0.39 is 5.76 Å². The number of H-pyrrole nitrogens is 1. The maximum absolute atomic E-state index is 12.0. The molecule has 1 aliphatic rings. The third kappa shape index (κ3) is 2.53. The molecule has 1 fully saturated rings. The van der Waals surface area contributed by atoms with Crippen LogP contribution >= 0.6 is 0 Å². The number of aromatic amines is 1. The molecule has 1 aromatic heterocycles. The fourth-order valence-electron chi connectivity index (χ4n) is 2.33. The molecule has 3 rings (SSSR count). The largest absolute Gasteiger partial charge is 0.417 e. The van der Waals surface area contributed by atoms with Crippen molar-refractivity contribution in [1.29, 1.82) is 0 Å². The highest BCUT2D eigenvalue weighted by Crippen LogP contribution is 2.17. The first kappa shape index (κ1) is 12.0. The fourth-order valence-corrected chi connectivity index (χ4v) is 2.33. The number of hydrogen-bond acceptors (Lipinski definition) is 4. The lowest BCUT2D eigenvalue weighted by Gasteiger charge is -2.22. The standard InChI is InChI=1S/C13H15N3O3/c17-12(10-3-1-2-6-14-10)15-8-4-5-9-11(7-8)19-13(18)16-9/h4-5,7,10,14H,1-3,6H2,(H,15,17)(H,16,18). The van der Waals surface area contributed by atoms with Crippen LogP contribution in [0.4, 0.5) is 5.69 Å². The van der Waals surface area contributed by atoms with E-state index in [9.17, 15) is 9.59 Å². The number of rotatable bonds is 2. The molecule has 1 atom stereocenters. The minimum absolute atomic E-state index is 0.0445. The molecule has 1 aliphatic heterocycles. The number of aromatic nitrogens is 1. The van der Waals surface area contributed by atoms with Gasteiger partial charge in [-0.15, -0.1) is 0 Å². The summed E-state index contributed by atoms with van der Waals surface area (Å²) in [5, 5.41) is 6.02. The smallest absolute Gasteiger partial charge is 0.408 e. The maximum Gasteiger partial charge on any atom is 0.417 e. The van der Waals surface area contributed by atoms with E-state index in [1.807, 2.05) is 0 Å². The molecule has 1 aromatic carbocycles. The molecule has 3 N–H and O–H groups in total. The Hall–Kier alpha value is -2.08. The van der Waals surface area contributed by atoms with Crippen LogP contribution in [0.2, 0.25) is 0 Å². The molecule has 100 valence electrons. The van der Waals surface area contributed by atoms with E-state index in [1.165, 1.54) is 0 Å². The second-order valence-corrected chi connectivity index (χ2v) is 4.72. The zero-order chi connectivity index (χ0) is 13.2. The molecule has 1 saturated heterocycles. The maximum atomic E-state index is 12.0. The van der Waals surface area contributed by atoms with Crippen LogP contribution in [0.5, 0.6) is 0 Å². The molecule has 1 unspecified atom stereocenters. The van der Waals surface area contributed by atoms with E-state index in [-0.39, 0.29) is 11.9 Å². The molecule has 6 nitrogen and oxygen atoms in total. The molecule has 0 saturated carbocycles. The number of hydrogen-bond donors (Lipinski definition) is 3. The van der Waals surface area contributed by atoms with E-state index in [4.69, 9.17) is 4.42 Å². The first-order valence-electron chi connectivity index (χ1n) is 6.39. The van der Waals surface area contributed by atoms with Crippen molar-refractivity contribution in [3.05, 3.63) is 28.7 Å². The molecule has 0 aliphatic carbocycles. The van der Waals surface area contributed by atoms with Crippen molar-refractivity contribution in [1.82, 2.24) is 10.3 Å². The number of oxazole rings is 1. The number of carbonyl (C=O) groups is 1. The number of amides is 1. The molecule has 19 heavy (non-hydrogen) atoms. The topological polar surface area (TPSA) is 87.1 Å². The zero-order valence-corrected chi connectivity index (χ0v) is 10.4. The summed E-state index contributed by atoms with van der Waals surface area (Å²) in [6.45, 7) is 0.879. The first-order valence-corrected chi connectivity index (χ1v) is 6.39. The summed E-state index contributed by atoms with van der Waals surface area (Å²) in [5.41, 5.74) is 1.70. The van der Waals surface area contributed by atoms with Crippen molar-refractivity contribution in [2.45, 2.75) is 25.3 Å². The van der Waals surface area contributed by atoms with Crippen LogP contribution in [0.25, 0.3) is 11.1 Å². The highest BCUT2D eigenvalue weighted by molar-refractivity contribution is 5.96. The van der Waals surface area contributed by atoms with Gasteiger partial charge in [0, 0.05) is 11.8 Å². The van der Waals surface area contributed by atoms with Crippen LogP contribution in [0.15, 0.2) is 27.4 Å². The monoisotopic (exact) mass is 261 g/mol. The number of anilines is 1. The Morgan fingerprint density at radius 1 is 1.37 bits per heavy atom. The van der Waals surface area contributed by atoms with E-state index in [2.05, 4.69) is 15.6 Å². The van der Waals surface area contributed by atoms with E-state index in [0.717, 1.165) is 25.8 Å². The van der Waals surface area contributed by atoms with Gasteiger partial charge in [0.15, 0.2) is 5.58 Å². The molecule has 6 heteroatoms. The van der Waals surface area contributed by atoms with Crippen molar-refractivity contribution < 1.29 is 9.21 Å². The summed E-state index contributed by atoms with van der Waals surface area (Å²) in [6, 6.07) is 4.97. The van der Waals surface area contributed by atoms with Crippen LogP contribution in [0, 0.1) is 0 Å². The predicted molar refractivity (Wildman–Crippen MR) is 71.1 cm³/mol. The van der Waals surface area contributed by atoms with Crippen LogP contribution in [0.3, 0.4) is 0 Å². The van der Waals surface area contributed by atoms with Crippen LogP contribution in [0.1, 0.15) is 19.3 Å². The van der Waals surface area contributed by atoms with Crippen molar-refractivity contribution in [2.24, 2.45) is 0 Å². The molecule has 0 spiro atoms. The van der Waals surface area contributed by atoms with Crippen molar-refractivity contribution >= 4 is 22.7 Å². The number of carbonyl (C=O) groups excluding carboxylic acids is 1. The number of benzene rings is 1. The SMILES string of the molecule is O=C(Nc1ccc2[nH]c(=O)oc2c1)C1CCCCN1. The molecule has 0 bridgehead atoms. The van der Waals surface area contributed by atoms with E-state index >= 15 is 0 Å². The summed E-state index contributed by atoms with van der Waals surface area (Å²) in [6.07, 6.45) is 3.04. The van der Waals surface area contributed by atoms with Gasteiger partial charge in [0.05, 0.1) is 11.6 Å². The third-order valence-electron chi connectivity index (χ3n) is 3.32. The summed E-state index contributed by atoms with van der Waals surface area (Å²) >= 11 is 0. The number of nitrogens with one attached hydrogen (secondary N) is 3. The van der Waals surface area contributed by atoms with Gasteiger partial charge in [0.2, 0.25) is 5.91 Å². The third-order valence-corrected chi connectivity index (χ3v) is 3.32. The summed E-state index contributed by atoms with van der Waals surface area (Å²) in [4.78, 5) is 25.6. The molecule has 2 aromatic rings. The normalized spacial score (nSPS) is 19.5. The summed E-state index contributed by atoms with van der Waals surface area (Å²) < 4.78 is 4.96. The quantitative estimate of drug-likeness (QED) is 0.758. The molecule has 2 heterocycles. The highest BCUT2D eigenvalue weighted by Gasteiger charge is 2.20. The second kappa shape index (κ2) is 4.89. The van der Waals surface area contributed by atoms with Crippen LogP contribution in [-0.2, 0) is 4.79 Å². The Morgan fingerprint density at radius 3 is 3.05 bits per heavy atom. The Morgan fingerprint density at radius 2 is 2.26 bits per heavy atom. The lowest BCUT2D eigenvalue weighted by atomic mass is 10.0. The number of piperidine rings is 1. The minimum atomic E-state index is -0.493. The van der Waals surface area contributed by atoms with Gasteiger partial charge in [-0.1, -0.05) is 6.42 Å². The zero-order valence-electron chi connectivity index (χ0n) is 10.4. The highest BCUT2D eigenvalue weighted by atomic mass is 16.4. The Bertz CT molecular complexity index is 652. The van der Waals surface area contributed by atoms with Crippen molar-refractivity contribution in [3.63, 3.8) is 0 Å². The first-order chi connectivity index (χ1) is 9.22. The molecular formula is C13H15N3O3. The van der Waals surface area contributed by atoms with Crippen molar-refractivity contribution in [2.75, 3.05) is 11.9 Å². The Kier molecular flexibility index (Phi) is 3.08. The number of fused-ring (bicyclic) bond motifs is 1. The van der Waals surface area contributed by atoms with Gasteiger partial charge in [-0.2, -0.15) is 0 Å². The lowest BCUT2D eigenvalue weighted by molar-refractivity contribution is -0.118. The van der Waals surface area contributed by atoms with Gasteiger partial charge in [-0.25, -0.2) is 4.79 Å². The van der Waals surface area contributed by atoms with Gasteiger partial charge in [-0.05, 0) is 31.5 Å².